The van der Waals surface area contributed by atoms with E-state index >= 15 is 0 Å². The third-order valence-corrected chi connectivity index (χ3v) is 2.78. The standard InChI is InChI=1S/C14H19NO4/c1-10(16)15-8-13(7-14(17)18)12-5-3-11(4-6-12)9-19-2/h3-6,13H,7-9H2,1-2H3,(H,15,16)(H,17,18). The lowest BCUT2D eigenvalue weighted by atomic mass is 9.95. The minimum atomic E-state index is -0.878. The van der Waals surface area contributed by atoms with Gasteiger partial charge in [0.2, 0.25) is 5.91 Å². The number of carboxylic acids is 1. The largest absolute Gasteiger partial charge is 0.481 e. The van der Waals surface area contributed by atoms with Crippen molar-refractivity contribution in [1.82, 2.24) is 5.32 Å². The van der Waals surface area contributed by atoms with Gasteiger partial charge in [-0.3, -0.25) is 9.59 Å². The Labute approximate surface area is 112 Å². The van der Waals surface area contributed by atoms with E-state index in [0.717, 1.165) is 11.1 Å². The fourth-order valence-electron chi connectivity index (χ4n) is 1.84. The first-order valence-corrected chi connectivity index (χ1v) is 6.07. The average Bonchev–Trinajstić information content (AvgIpc) is 2.35. The molecule has 5 heteroatoms. The van der Waals surface area contributed by atoms with Crippen LogP contribution in [0.3, 0.4) is 0 Å². The summed E-state index contributed by atoms with van der Waals surface area (Å²) in [5.41, 5.74) is 1.93. The molecule has 5 nitrogen and oxygen atoms in total. The second kappa shape index (κ2) is 7.53. The van der Waals surface area contributed by atoms with Crippen molar-refractivity contribution in [3.63, 3.8) is 0 Å². The van der Waals surface area contributed by atoms with E-state index < -0.39 is 5.97 Å². The molecule has 104 valence electrons. The summed E-state index contributed by atoms with van der Waals surface area (Å²) in [5, 5.41) is 11.6. The molecule has 2 N–H and O–H groups in total. The van der Waals surface area contributed by atoms with Gasteiger partial charge >= 0.3 is 5.97 Å². The first-order valence-electron chi connectivity index (χ1n) is 6.07. The monoisotopic (exact) mass is 265 g/mol. The van der Waals surface area contributed by atoms with Crippen LogP contribution in [-0.4, -0.2) is 30.6 Å². The predicted molar refractivity (Wildman–Crippen MR) is 70.8 cm³/mol. The number of carboxylic acid groups (broad SMARTS) is 1. The first kappa shape index (κ1) is 15.2. The van der Waals surface area contributed by atoms with Crippen LogP contribution in [0.5, 0.6) is 0 Å². The molecule has 0 aliphatic rings. The first-order chi connectivity index (χ1) is 9.02. The number of benzene rings is 1. The van der Waals surface area contributed by atoms with Gasteiger partial charge in [0.1, 0.15) is 0 Å². The Kier molecular flexibility index (Phi) is 6.02. The minimum Gasteiger partial charge on any atom is -0.481 e. The Morgan fingerprint density at radius 3 is 2.42 bits per heavy atom. The molecule has 1 aromatic carbocycles. The molecule has 19 heavy (non-hydrogen) atoms. The molecule has 0 fully saturated rings. The van der Waals surface area contributed by atoms with Crippen LogP contribution < -0.4 is 5.32 Å². The molecule has 1 atom stereocenters. The highest BCUT2D eigenvalue weighted by atomic mass is 16.5. The quantitative estimate of drug-likeness (QED) is 0.784. The third-order valence-electron chi connectivity index (χ3n) is 2.78. The van der Waals surface area contributed by atoms with Gasteiger partial charge in [-0.15, -0.1) is 0 Å². The average molecular weight is 265 g/mol. The molecule has 0 bridgehead atoms. The summed E-state index contributed by atoms with van der Waals surface area (Å²) in [6.07, 6.45) is -0.0100. The summed E-state index contributed by atoms with van der Waals surface area (Å²) in [4.78, 5) is 21.8. The van der Waals surface area contributed by atoms with Crippen LogP contribution in [0, 0.1) is 0 Å². The highest BCUT2D eigenvalue weighted by Crippen LogP contribution is 2.20. The van der Waals surface area contributed by atoms with Gasteiger partial charge in [-0.1, -0.05) is 24.3 Å². The molecule has 1 rings (SSSR count). The molecular weight excluding hydrogens is 246 g/mol. The van der Waals surface area contributed by atoms with Gasteiger partial charge in [0.15, 0.2) is 0 Å². The molecule has 0 aliphatic heterocycles. The van der Waals surface area contributed by atoms with Crippen LogP contribution in [0.15, 0.2) is 24.3 Å². The molecule has 0 saturated heterocycles. The van der Waals surface area contributed by atoms with Crippen molar-refractivity contribution in [3.8, 4) is 0 Å². The number of methoxy groups -OCH3 is 1. The maximum atomic E-state index is 10.9. The van der Waals surface area contributed by atoms with Crippen molar-refractivity contribution >= 4 is 11.9 Å². The third kappa shape index (κ3) is 5.52. The number of hydrogen-bond acceptors (Lipinski definition) is 3. The molecule has 0 aromatic heterocycles. The van der Waals surface area contributed by atoms with Gasteiger partial charge < -0.3 is 15.2 Å². The zero-order chi connectivity index (χ0) is 14.3. The van der Waals surface area contributed by atoms with Crippen LogP contribution in [0.25, 0.3) is 0 Å². The molecular formula is C14H19NO4. The molecule has 1 amide bonds. The number of amides is 1. The fourth-order valence-corrected chi connectivity index (χ4v) is 1.84. The fraction of sp³-hybridized carbons (Fsp3) is 0.429. The molecule has 0 radical (unpaired) electrons. The van der Waals surface area contributed by atoms with E-state index in [2.05, 4.69) is 5.32 Å². The second-order valence-corrected chi connectivity index (χ2v) is 4.41. The lowest BCUT2D eigenvalue weighted by Gasteiger charge is -2.16. The zero-order valence-corrected chi connectivity index (χ0v) is 11.2. The van der Waals surface area contributed by atoms with Crippen LogP contribution in [0.2, 0.25) is 0 Å². The molecule has 0 heterocycles. The van der Waals surface area contributed by atoms with Gasteiger partial charge in [-0.2, -0.15) is 0 Å². The number of rotatable bonds is 7. The van der Waals surface area contributed by atoms with Gasteiger partial charge in [0.25, 0.3) is 0 Å². The molecule has 1 aromatic rings. The van der Waals surface area contributed by atoms with Crippen molar-refractivity contribution in [2.45, 2.75) is 25.9 Å². The number of carbonyl (C=O) groups excluding carboxylic acids is 1. The van der Waals surface area contributed by atoms with Crippen LogP contribution in [0.4, 0.5) is 0 Å². The van der Waals surface area contributed by atoms with E-state index in [1.165, 1.54) is 6.92 Å². The Balaban J connectivity index is 2.77. The smallest absolute Gasteiger partial charge is 0.304 e. The van der Waals surface area contributed by atoms with Crippen molar-refractivity contribution in [1.29, 1.82) is 0 Å². The normalized spacial score (nSPS) is 11.9. The predicted octanol–water partition coefficient (Wildman–Crippen LogP) is 1.53. The maximum Gasteiger partial charge on any atom is 0.304 e. The molecule has 0 aliphatic carbocycles. The number of hydrogen-bond donors (Lipinski definition) is 2. The number of nitrogens with one attached hydrogen (secondary N) is 1. The molecule has 1 unspecified atom stereocenters. The van der Waals surface area contributed by atoms with Gasteiger partial charge in [-0.25, -0.2) is 0 Å². The summed E-state index contributed by atoms with van der Waals surface area (Å²) in [6.45, 7) is 2.26. The second-order valence-electron chi connectivity index (χ2n) is 4.41. The zero-order valence-electron chi connectivity index (χ0n) is 11.2. The topological polar surface area (TPSA) is 75.6 Å². The number of ether oxygens (including phenoxy) is 1. The van der Waals surface area contributed by atoms with Gasteiger partial charge in [-0.05, 0) is 11.1 Å². The highest BCUT2D eigenvalue weighted by Gasteiger charge is 2.16. The summed E-state index contributed by atoms with van der Waals surface area (Å²) >= 11 is 0. The molecule has 0 spiro atoms. The lowest BCUT2D eigenvalue weighted by Crippen LogP contribution is -2.27. The van der Waals surface area contributed by atoms with Crippen molar-refractivity contribution < 1.29 is 19.4 Å². The molecule has 0 saturated carbocycles. The number of carbonyl (C=O) groups is 2. The summed E-state index contributed by atoms with van der Waals surface area (Å²) < 4.78 is 5.02. The SMILES string of the molecule is COCc1ccc(C(CNC(C)=O)CC(=O)O)cc1. The maximum absolute atomic E-state index is 10.9. The van der Waals surface area contributed by atoms with E-state index in [-0.39, 0.29) is 18.2 Å². The van der Waals surface area contributed by atoms with E-state index in [1.807, 2.05) is 24.3 Å². The van der Waals surface area contributed by atoms with Crippen molar-refractivity contribution in [2.24, 2.45) is 0 Å². The summed E-state index contributed by atoms with van der Waals surface area (Å²) in [7, 11) is 1.62. The van der Waals surface area contributed by atoms with Crippen LogP contribution in [-0.2, 0) is 20.9 Å². The minimum absolute atomic E-state index is 0.0100. The number of aliphatic carboxylic acids is 1. The van der Waals surface area contributed by atoms with E-state index in [4.69, 9.17) is 9.84 Å². The summed E-state index contributed by atoms with van der Waals surface area (Å²) in [6, 6.07) is 7.57. The highest BCUT2D eigenvalue weighted by molar-refractivity contribution is 5.73. The van der Waals surface area contributed by atoms with Crippen molar-refractivity contribution in [2.75, 3.05) is 13.7 Å². The van der Waals surface area contributed by atoms with E-state index in [1.54, 1.807) is 7.11 Å². The Hall–Kier alpha value is -1.88. The van der Waals surface area contributed by atoms with Crippen molar-refractivity contribution in [3.05, 3.63) is 35.4 Å². The Morgan fingerprint density at radius 1 is 1.32 bits per heavy atom. The van der Waals surface area contributed by atoms with Gasteiger partial charge in [0, 0.05) is 26.5 Å². The lowest BCUT2D eigenvalue weighted by molar-refractivity contribution is -0.137. The van der Waals surface area contributed by atoms with Gasteiger partial charge in [0.05, 0.1) is 13.0 Å². The van der Waals surface area contributed by atoms with E-state index in [9.17, 15) is 9.59 Å². The van der Waals surface area contributed by atoms with Crippen LogP contribution in [0.1, 0.15) is 30.4 Å². The Bertz CT molecular complexity index is 428. The summed E-state index contributed by atoms with van der Waals surface area (Å²) in [5.74, 6) is -1.26. The van der Waals surface area contributed by atoms with Crippen LogP contribution >= 0.6 is 0 Å². The van der Waals surface area contributed by atoms with E-state index in [0.29, 0.717) is 13.2 Å². The Morgan fingerprint density at radius 2 is 1.95 bits per heavy atom.